The molecule has 0 amide bonds. The molecule has 0 spiro atoms. The average Bonchev–Trinajstić information content (AvgIpc) is 3.33. The van der Waals surface area contributed by atoms with Gasteiger partial charge in [0.15, 0.2) is 5.82 Å². The lowest BCUT2D eigenvalue weighted by Crippen LogP contribution is -2.02. The lowest BCUT2D eigenvalue weighted by atomic mass is 10.3. The number of halogens is 2. The molecule has 0 saturated heterocycles. The fourth-order valence-electron chi connectivity index (χ4n) is 2.32. The Balaban J connectivity index is 1.55. The van der Waals surface area contributed by atoms with Gasteiger partial charge in [-0.25, -0.2) is 4.98 Å². The SMILES string of the molecule is Clc1ccccc1Nc1ncc(Br)c(Nc2cc(C3CC3)n[nH]2)n1. The van der Waals surface area contributed by atoms with Gasteiger partial charge in [0.2, 0.25) is 5.95 Å². The molecule has 3 N–H and O–H groups in total. The zero-order valence-electron chi connectivity index (χ0n) is 12.6. The predicted molar refractivity (Wildman–Crippen MR) is 98.3 cm³/mol. The number of hydrogen-bond acceptors (Lipinski definition) is 5. The smallest absolute Gasteiger partial charge is 0.229 e. The Hall–Kier alpha value is -2.12. The second kappa shape index (κ2) is 6.41. The quantitative estimate of drug-likeness (QED) is 0.558. The van der Waals surface area contributed by atoms with Gasteiger partial charge >= 0.3 is 0 Å². The van der Waals surface area contributed by atoms with Crippen LogP contribution in [0.25, 0.3) is 0 Å². The van der Waals surface area contributed by atoms with Crippen molar-refractivity contribution < 1.29 is 0 Å². The van der Waals surface area contributed by atoms with Crippen molar-refractivity contribution in [2.75, 3.05) is 10.6 Å². The number of nitrogens with one attached hydrogen (secondary N) is 3. The van der Waals surface area contributed by atoms with E-state index in [0.717, 1.165) is 21.7 Å². The number of aromatic amines is 1. The van der Waals surface area contributed by atoms with Crippen molar-refractivity contribution >= 4 is 50.8 Å². The number of H-pyrrole nitrogens is 1. The van der Waals surface area contributed by atoms with Crippen LogP contribution in [-0.4, -0.2) is 20.2 Å². The highest BCUT2D eigenvalue weighted by Crippen LogP contribution is 2.39. The minimum absolute atomic E-state index is 0.454. The first-order valence-electron chi connectivity index (χ1n) is 7.55. The fourth-order valence-corrected chi connectivity index (χ4v) is 2.79. The van der Waals surface area contributed by atoms with Gasteiger partial charge in [0.25, 0.3) is 0 Å². The average molecular weight is 406 g/mol. The summed E-state index contributed by atoms with van der Waals surface area (Å²) in [5.74, 6) is 2.50. The van der Waals surface area contributed by atoms with Gasteiger partial charge in [-0.15, -0.1) is 0 Å². The van der Waals surface area contributed by atoms with E-state index >= 15 is 0 Å². The van der Waals surface area contributed by atoms with Crippen molar-refractivity contribution in [3.05, 3.63) is 51.7 Å². The Morgan fingerprint density at radius 3 is 2.83 bits per heavy atom. The molecule has 3 aromatic rings. The third-order valence-corrected chi connectivity index (χ3v) is 4.62. The molecule has 2 aromatic heterocycles. The Labute approximate surface area is 152 Å². The highest BCUT2D eigenvalue weighted by Gasteiger charge is 2.26. The molecule has 8 heteroatoms. The molecule has 1 aliphatic rings. The van der Waals surface area contributed by atoms with Crippen LogP contribution in [0.3, 0.4) is 0 Å². The molecule has 4 rings (SSSR count). The van der Waals surface area contributed by atoms with Crippen LogP contribution in [0.15, 0.2) is 41.0 Å². The second-order valence-electron chi connectivity index (χ2n) is 5.60. The maximum absolute atomic E-state index is 6.16. The van der Waals surface area contributed by atoms with E-state index in [1.807, 2.05) is 30.3 Å². The van der Waals surface area contributed by atoms with E-state index in [4.69, 9.17) is 11.6 Å². The van der Waals surface area contributed by atoms with Gasteiger partial charge < -0.3 is 10.6 Å². The van der Waals surface area contributed by atoms with Crippen LogP contribution in [0, 0.1) is 0 Å². The normalized spacial score (nSPS) is 13.8. The second-order valence-corrected chi connectivity index (χ2v) is 6.86. The van der Waals surface area contributed by atoms with Crippen LogP contribution < -0.4 is 10.6 Å². The maximum Gasteiger partial charge on any atom is 0.229 e. The molecule has 6 nitrogen and oxygen atoms in total. The van der Waals surface area contributed by atoms with Gasteiger partial charge in [0, 0.05) is 18.2 Å². The van der Waals surface area contributed by atoms with Crippen molar-refractivity contribution in [3.8, 4) is 0 Å². The van der Waals surface area contributed by atoms with Gasteiger partial charge in [-0.1, -0.05) is 23.7 Å². The van der Waals surface area contributed by atoms with Crippen molar-refractivity contribution in [1.29, 1.82) is 0 Å². The molecule has 0 radical (unpaired) electrons. The summed E-state index contributed by atoms with van der Waals surface area (Å²) in [6.07, 6.45) is 4.12. The molecule has 2 heterocycles. The molecule has 1 aliphatic carbocycles. The van der Waals surface area contributed by atoms with Gasteiger partial charge in [-0.3, -0.25) is 5.10 Å². The van der Waals surface area contributed by atoms with Gasteiger partial charge in [-0.05, 0) is 40.9 Å². The summed E-state index contributed by atoms with van der Waals surface area (Å²) in [5.41, 5.74) is 1.85. The molecule has 1 aromatic carbocycles. The molecular formula is C16H14BrClN6. The number of anilines is 4. The van der Waals surface area contributed by atoms with Crippen molar-refractivity contribution in [3.63, 3.8) is 0 Å². The van der Waals surface area contributed by atoms with E-state index in [2.05, 4.69) is 46.7 Å². The van der Waals surface area contributed by atoms with E-state index in [9.17, 15) is 0 Å². The molecule has 24 heavy (non-hydrogen) atoms. The Morgan fingerprint density at radius 1 is 1.21 bits per heavy atom. The standard InChI is InChI=1S/C16H14BrClN6/c17-10-8-19-16(20-12-4-2-1-3-11(12)18)22-15(10)21-14-7-13(23-24-14)9-5-6-9/h1-4,7-9H,5-6H2,(H3,19,20,21,22,23,24). The summed E-state index contributed by atoms with van der Waals surface area (Å²) in [6, 6.07) is 9.48. The summed E-state index contributed by atoms with van der Waals surface area (Å²) in [7, 11) is 0. The summed E-state index contributed by atoms with van der Waals surface area (Å²) < 4.78 is 0.759. The van der Waals surface area contributed by atoms with Crippen LogP contribution in [-0.2, 0) is 0 Å². The van der Waals surface area contributed by atoms with E-state index in [1.165, 1.54) is 12.8 Å². The van der Waals surface area contributed by atoms with Crippen LogP contribution in [0.4, 0.5) is 23.3 Å². The number of nitrogens with zero attached hydrogens (tertiary/aromatic N) is 3. The molecule has 122 valence electrons. The summed E-state index contributed by atoms with van der Waals surface area (Å²) in [6.45, 7) is 0. The van der Waals surface area contributed by atoms with Crippen molar-refractivity contribution in [2.24, 2.45) is 0 Å². The third-order valence-electron chi connectivity index (χ3n) is 3.71. The summed E-state index contributed by atoms with van der Waals surface area (Å²) >= 11 is 9.62. The van der Waals surface area contributed by atoms with E-state index in [0.29, 0.717) is 22.7 Å². The lowest BCUT2D eigenvalue weighted by Gasteiger charge is -2.09. The topological polar surface area (TPSA) is 78.5 Å². The molecule has 0 aliphatic heterocycles. The largest absolute Gasteiger partial charge is 0.324 e. The fraction of sp³-hybridized carbons (Fsp3) is 0.188. The van der Waals surface area contributed by atoms with Crippen LogP contribution in [0.1, 0.15) is 24.5 Å². The molecule has 0 unspecified atom stereocenters. The van der Waals surface area contributed by atoms with Gasteiger partial charge in [0.1, 0.15) is 5.82 Å². The van der Waals surface area contributed by atoms with Crippen LogP contribution in [0.2, 0.25) is 5.02 Å². The molecular weight excluding hydrogens is 392 g/mol. The van der Waals surface area contributed by atoms with E-state index < -0.39 is 0 Å². The third kappa shape index (κ3) is 3.37. The number of aromatic nitrogens is 4. The molecule has 0 atom stereocenters. The molecule has 1 saturated carbocycles. The number of para-hydroxylation sites is 1. The van der Waals surface area contributed by atoms with Gasteiger partial charge in [0.05, 0.1) is 20.9 Å². The number of rotatable bonds is 5. The zero-order chi connectivity index (χ0) is 16.5. The Bertz CT molecular complexity index is 877. The molecule has 1 fully saturated rings. The maximum atomic E-state index is 6.16. The Kier molecular flexibility index (Phi) is 4.12. The lowest BCUT2D eigenvalue weighted by molar-refractivity contribution is 0.966. The van der Waals surface area contributed by atoms with Gasteiger partial charge in [-0.2, -0.15) is 10.1 Å². The Morgan fingerprint density at radius 2 is 2.04 bits per heavy atom. The van der Waals surface area contributed by atoms with Crippen molar-refractivity contribution in [1.82, 2.24) is 20.2 Å². The first kappa shape index (κ1) is 15.4. The first-order valence-corrected chi connectivity index (χ1v) is 8.72. The summed E-state index contributed by atoms with van der Waals surface area (Å²) in [4.78, 5) is 8.75. The van der Waals surface area contributed by atoms with E-state index in [-0.39, 0.29) is 0 Å². The monoisotopic (exact) mass is 404 g/mol. The van der Waals surface area contributed by atoms with E-state index in [1.54, 1.807) is 6.20 Å². The number of hydrogen-bond donors (Lipinski definition) is 3. The highest BCUT2D eigenvalue weighted by molar-refractivity contribution is 9.10. The van der Waals surface area contributed by atoms with Crippen LogP contribution in [0.5, 0.6) is 0 Å². The molecule has 0 bridgehead atoms. The minimum atomic E-state index is 0.454. The minimum Gasteiger partial charge on any atom is -0.324 e. The first-order chi connectivity index (χ1) is 11.7. The summed E-state index contributed by atoms with van der Waals surface area (Å²) in [5, 5.41) is 14.3. The highest BCUT2D eigenvalue weighted by atomic mass is 79.9. The predicted octanol–water partition coefficient (Wildman–Crippen LogP) is 4.98. The van der Waals surface area contributed by atoms with Crippen LogP contribution >= 0.6 is 27.5 Å². The number of benzene rings is 1. The zero-order valence-corrected chi connectivity index (χ0v) is 14.9. The van der Waals surface area contributed by atoms with Crippen molar-refractivity contribution in [2.45, 2.75) is 18.8 Å².